The van der Waals surface area contributed by atoms with Crippen LogP contribution < -0.4 is 0 Å². The highest BCUT2D eigenvalue weighted by atomic mass is 16.3. The molecule has 390 valence electrons. The molecule has 0 saturated carbocycles. The molecule has 0 spiro atoms. The molecule has 0 amide bonds. The van der Waals surface area contributed by atoms with Crippen molar-refractivity contribution in [1.29, 1.82) is 15.8 Å². The molecule has 9 nitrogen and oxygen atoms in total. The monoisotopic (exact) mass is 1080 g/mol. The van der Waals surface area contributed by atoms with Crippen LogP contribution in [0.1, 0.15) is 16.7 Å². The lowest BCUT2D eigenvalue weighted by molar-refractivity contribution is 0.663. The van der Waals surface area contributed by atoms with Gasteiger partial charge in [0.25, 0.3) is 0 Å². The van der Waals surface area contributed by atoms with Crippen LogP contribution in [-0.2, 0) is 0 Å². The second-order valence-corrected chi connectivity index (χ2v) is 21.7. The van der Waals surface area contributed by atoms with Crippen LogP contribution in [0.5, 0.6) is 0 Å². The van der Waals surface area contributed by atoms with Crippen LogP contribution in [0, 0.1) is 40.6 Å². The fourth-order valence-corrected chi connectivity index (χ4v) is 13.5. The van der Waals surface area contributed by atoms with Crippen LogP contribution in [-0.4, -0.2) is 18.3 Å². The molecule has 17 rings (SSSR count). The van der Waals surface area contributed by atoms with E-state index in [0.717, 1.165) is 143 Å². The average Bonchev–Trinajstić information content (AvgIpc) is 1.71. The Morgan fingerprint density at radius 2 is 0.647 bits per heavy atom. The van der Waals surface area contributed by atoms with Crippen molar-refractivity contribution in [2.45, 2.75) is 0 Å². The molecule has 17 aromatic rings. The average molecular weight is 1080 g/mol. The van der Waals surface area contributed by atoms with Gasteiger partial charge in [-0.1, -0.05) is 115 Å². The maximum atomic E-state index is 10.4. The quantitative estimate of drug-likeness (QED) is 0.155. The summed E-state index contributed by atoms with van der Waals surface area (Å²) in [6.45, 7) is 8.03. The standard InChI is InChI=1S/C76H40N8O/c1-80-52-25-31-69-62(37-52)56-17-8-10-18-65(56)81(69)53-38-63-64-39-54(82-67-26-20-46(43-78)33-58(67)60-35-50(23-29-68(60)82)48-12-4-2-5-13-48)41-73(83-66-19-11-9-16-55(66)57-32-45(42-77)21-27-70(57)83)75(64)85-76(63)74(40-53)84-71-28-22-47(44-79)34-59(71)61-36-51(24-30-72(61)84)49-14-6-3-7-15-49/h2-41H. The molecule has 0 aliphatic rings. The van der Waals surface area contributed by atoms with Gasteiger partial charge in [0, 0.05) is 59.9 Å². The number of aromatic nitrogens is 4. The van der Waals surface area contributed by atoms with Crippen molar-refractivity contribution in [3.05, 3.63) is 271 Å². The summed E-state index contributed by atoms with van der Waals surface area (Å²) in [6, 6.07) is 90.4. The smallest absolute Gasteiger partial charge is 0.188 e. The Balaban J connectivity index is 1.06. The Bertz CT molecular complexity index is 5960. The van der Waals surface area contributed by atoms with E-state index < -0.39 is 0 Å². The Labute approximate surface area is 484 Å². The second kappa shape index (κ2) is 18.1. The van der Waals surface area contributed by atoms with Crippen LogP contribution in [0.2, 0.25) is 0 Å². The van der Waals surface area contributed by atoms with Crippen molar-refractivity contribution in [2.75, 3.05) is 0 Å². The predicted molar refractivity (Wildman–Crippen MR) is 342 cm³/mol. The highest BCUT2D eigenvalue weighted by Gasteiger charge is 2.27. The van der Waals surface area contributed by atoms with Gasteiger partial charge in [0.15, 0.2) is 16.9 Å². The SMILES string of the molecule is [C-]#[N+]c1ccc2c(c1)c1ccccc1n2-c1cc(-n2c3ccc(C#N)cc3c3cc(-c4ccccc4)ccc32)c2oc3c(-n4c5ccccc5c5cc(C#N)ccc54)cc(-n4c5ccc(C#N)cc5c5cc(-c6ccccc6)ccc54)cc3c2c1. The number of hydrogen-bond acceptors (Lipinski definition) is 4. The molecule has 0 N–H and O–H groups in total. The molecule has 0 bridgehead atoms. The van der Waals surface area contributed by atoms with Crippen LogP contribution >= 0.6 is 0 Å². The van der Waals surface area contributed by atoms with Gasteiger partial charge in [0.1, 0.15) is 0 Å². The minimum absolute atomic E-state index is 0.554. The van der Waals surface area contributed by atoms with E-state index in [9.17, 15) is 15.8 Å². The van der Waals surface area contributed by atoms with Gasteiger partial charge in [-0.25, -0.2) is 4.85 Å². The molecule has 0 saturated heterocycles. The summed E-state index contributed by atoms with van der Waals surface area (Å²) in [6.07, 6.45) is 0. The van der Waals surface area contributed by atoms with Crippen LogP contribution in [0.25, 0.3) is 159 Å². The molecule has 9 heteroatoms. The summed E-state index contributed by atoms with van der Waals surface area (Å²) in [5, 5.41) is 40.6. The molecular formula is C76H40N8O. The molecular weight excluding hydrogens is 1040 g/mol. The predicted octanol–water partition coefficient (Wildman–Crippen LogP) is 19.5. The first-order valence-electron chi connectivity index (χ1n) is 27.9. The third kappa shape index (κ3) is 6.94. The number of benzene rings is 12. The van der Waals surface area contributed by atoms with E-state index in [1.54, 1.807) is 0 Å². The van der Waals surface area contributed by atoms with E-state index in [4.69, 9.17) is 11.0 Å². The lowest BCUT2D eigenvalue weighted by atomic mass is 10.0. The van der Waals surface area contributed by atoms with Crippen LogP contribution in [0.4, 0.5) is 5.69 Å². The van der Waals surface area contributed by atoms with E-state index in [-0.39, 0.29) is 0 Å². The van der Waals surface area contributed by atoms with E-state index in [1.165, 1.54) is 0 Å². The third-order valence-electron chi connectivity index (χ3n) is 17.2. The number of nitrogens with zero attached hydrogens (tertiary/aromatic N) is 8. The van der Waals surface area contributed by atoms with Crippen molar-refractivity contribution in [3.8, 4) is 63.2 Å². The second-order valence-electron chi connectivity index (χ2n) is 21.7. The normalized spacial score (nSPS) is 11.7. The van der Waals surface area contributed by atoms with E-state index >= 15 is 0 Å². The van der Waals surface area contributed by atoms with Crippen molar-refractivity contribution in [1.82, 2.24) is 18.3 Å². The molecule has 85 heavy (non-hydrogen) atoms. The zero-order valence-electron chi connectivity index (χ0n) is 45.1. The minimum Gasteiger partial charge on any atom is -0.452 e. The van der Waals surface area contributed by atoms with Crippen molar-refractivity contribution >= 4 is 115 Å². The van der Waals surface area contributed by atoms with Gasteiger partial charge in [0.05, 0.1) is 97.0 Å². The summed E-state index contributed by atoms with van der Waals surface area (Å²) in [5.74, 6) is 0. The zero-order valence-corrected chi connectivity index (χ0v) is 45.1. The Morgan fingerprint density at radius 1 is 0.294 bits per heavy atom. The van der Waals surface area contributed by atoms with Crippen molar-refractivity contribution < 1.29 is 4.42 Å². The lowest BCUT2D eigenvalue weighted by Crippen LogP contribution is -2.00. The Kier molecular flexibility index (Phi) is 10.1. The third-order valence-corrected chi connectivity index (χ3v) is 17.2. The summed E-state index contributed by atoms with van der Waals surface area (Å²) in [7, 11) is 0. The summed E-state index contributed by atoms with van der Waals surface area (Å²) in [4.78, 5) is 3.86. The van der Waals surface area contributed by atoms with E-state index in [1.807, 2.05) is 103 Å². The molecule has 0 unspecified atom stereocenters. The number of furan rings is 1. The largest absolute Gasteiger partial charge is 0.452 e. The number of nitriles is 3. The summed E-state index contributed by atoms with van der Waals surface area (Å²) >= 11 is 0. The van der Waals surface area contributed by atoms with E-state index in [0.29, 0.717) is 33.5 Å². The lowest BCUT2D eigenvalue weighted by Gasteiger charge is -2.14. The Morgan fingerprint density at radius 3 is 1.09 bits per heavy atom. The molecule has 0 aliphatic heterocycles. The molecule has 12 aromatic carbocycles. The fourth-order valence-electron chi connectivity index (χ4n) is 13.5. The van der Waals surface area contributed by atoms with Gasteiger partial charge in [-0.15, -0.1) is 0 Å². The molecule has 0 aliphatic carbocycles. The van der Waals surface area contributed by atoms with Crippen molar-refractivity contribution in [3.63, 3.8) is 0 Å². The first kappa shape index (κ1) is 47.4. The first-order valence-corrected chi connectivity index (χ1v) is 27.9. The topological polar surface area (TPSA) is 109 Å². The van der Waals surface area contributed by atoms with Gasteiger partial charge >= 0.3 is 0 Å². The van der Waals surface area contributed by atoms with E-state index in [2.05, 4.69) is 181 Å². The molecule has 5 heterocycles. The number of rotatable bonds is 6. The summed E-state index contributed by atoms with van der Waals surface area (Å²) < 4.78 is 16.9. The number of hydrogen-bond donors (Lipinski definition) is 0. The molecule has 5 aromatic heterocycles. The number of para-hydroxylation sites is 2. The molecule has 0 fully saturated rings. The van der Waals surface area contributed by atoms with Gasteiger partial charge in [-0.2, -0.15) is 15.8 Å². The molecule has 0 radical (unpaired) electrons. The van der Waals surface area contributed by atoms with Crippen LogP contribution in [0.15, 0.2) is 247 Å². The Hall–Kier alpha value is -12.4. The van der Waals surface area contributed by atoms with Crippen LogP contribution in [0.3, 0.4) is 0 Å². The first-order chi connectivity index (χ1) is 41.9. The maximum Gasteiger partial charge on any atom is 0.188 e. The minimum atomic E-state index is 0.554. The number of fused-ring (bicyclic) bond motifs is 15. The van der Waals surface area contributed by atoms with Gasteiger partial charge in [-0.05, 0) is 155 Å². The molecule has 0 atom stereocenters. The van der Waals surface area contributed by atoms with Crippen molar-refractivity contribution in [2.24, 2.45) is 0 Å². The maximum absolute atomic E-state index is 10.4. The zero-order chi connectivity index (χ0) is 56.6. The highest BCUT2D eigenvalue weighted by molar-refractivity contribution is 6.19. The fraction of sp³-hybridized carbons (Fsp3) is 0. The van der Waals surface area contributed by atoms with Gasteiger partial charge < -0.3 is 22.7 Å². The summed E-state index contributed by atoms with van der Waals surface area (Å²) in [5.41, 5.74) is 18.6. The highest BCUT2D eigenvalue weighted by Crippen LogP contribution is 2.47. The van der Waals surface area contributed by atoms with Gasteiger partial charge in [-0.3, -0.25) is 0 Å². The van der Waals surface area contributed by atoms with Gasteiger partial charge in [0.2, 0.25) is 0 Å².